The van der Waals surface area contributed by atoms with E-state index in [-0.39, 0.29) is 12.5 Å². The number of rotatable bonds is 6. The van der Waals surface area contributed by atoms with E-state index in [0.29, 0.717) is 23.7 Å². The van der Waals surface area contributed by atoms with E-state index in [0.717, 1.165) is 10.5 Å². The highest BCUT2D eigenvalue weighted by molar-refractivity contribution is 6.25. The van der Waals surface area contributed by atoms with Crippen LogP contribution in [0, 0.1) is 6.92 Å². The summed E-state index contributed by atoms with van der Waals surface area (Å²) in [6.07, 6.45) is 0. The van der Waals surface area contributed by atoms with Gasteiger partial charge < -0.3 is 10.1 Å². The fraction of sp³-hybridized carbons (Fsp3) is 0.286. The van der Waals surface area contributed by atoms with Crippen molar-refractivity contribution in [2.75, 3.05) is 23.4 Å². The summed E-state index contributed by atoms with van der Waals surface area (Å²) >= 11 is 0. The summed E-state index contributed by atoms with van der Waals surface area (Å²) in [6.45, 7) is 4.16. The third kappa shape index (κ3) is 3.61. The van der Waals surface area contributed by atoms with Crippen molar-refractivity contribution in [3.05, 3.63) is 54.1 Å². The summed E-state index contributed by atoms with van der Waals surface area (Å²) in [5, 5.41) is 11.9. The quantitative estimate of drug-likeness (QED) is 0.740. The summed E-state index contributed by atoms with van der Waals surface area (Å²) in [4.78, 5) is 39.2. The number of carbonyl (C=O) groups excluding carboxylic acids is 3. The van der Waals surface area contributed by atoms with Crippen LogP contribution in [0.5, 0.6) is 5.75 Å². The molecule has 0 spiro atoms. The van der Waals surface area contributed by atoms with Crippen LogP contribution in [0.4, 0.5) is 11.4 Å². The van der Waals surface area contributed by atoms with Crippen molar-refractivity contribution in [1.29, 1.82) is 0 Å². The van der Waals surface area contributed by atoms with Crippen LogP contribution < -0.4 is 15.0 Å². The zero-order valence-corrected chi connectivity index (χ0v) is 16.6. The van der Waals surface area contributed by atoms with Crippen LogP contribution >= 0.6 is 0 Å². The molecule has 9 nitrogen and oxygen atoms in total. The molecule has 0 saturated carbocycles. The number of ether oxygens (including phenoxy) is 1. The molecule has 2 aromatic carbocycles. The number of amides is 3. The molecular formula is C21H21N5O4. The number of hydrogen-bond donors (Lipinski definition) is 1. The summed E-state index contributed by atoms with van der Waals surface area (Å²) in [6, 6.07) is 12.2. The number of aryl methyl sites for hydroxylation is 1. The van der Waals surface area contributed by atoms with Crippen LogP contribution in [-0.2, 0) is 14.4 Å². The van der Waals surface area contributed by atoms with Crippen LogP contribution in [0.15, 0.2) is 58.9 Å². The van der Waals surface area contributed by atoms with Crippen molar-refractivity contribution < 1.29 is 19.1 Å². The molecule has 30 heavy (non-hydrogen) atoms. The first-order chi connectivity index (χ1) is 14.5. The van der Waals surface area contributed by atoms with Gasteiger partial charge in [-0.2, -0.15) is 5.11 Å². The zero-order valence-electron chi connectivity index (χ0n) is 16.6. The lowest BCUT2D eigenvalue weighted by atomic mass is 10.1. The van der Waals surface area contributed by atoms with E-state index in [9.17, 15) is 14.4 Å². The highest BCUT2D eigenvalue weighted by atomic mass is 16.5. The van der Waals surface area contributed by atoms with Crippen molar-refractivity contribution in [3.8, 4) is 5.75 Å². The van der Waals surface area contributed by atoms with Gasteiger partial charge in [0.05, 0.1) is 12.3 Å². The Morgan fingerprint density at radius 1 is 1.07 bits per heavy atom. The van der Waals surface area contributed by atoms with Gasteiger partial charge in [0.15, 0.2) is 12.1 Å². The van der Waals surface area contributed by atoms with Crippen LogP contribution in [0.1, 0.15) is 12.5 Å². The Morgan fingerprint density at radius 3 is 2.43 bits per heavy atom. The molecule has 2 aromatic rings. The highest BCUT2D eigenvalue weighted by Gasteiger charge is 2.55. The van der Waals surface area contributed by atoms with Gasteiger partial charge in [0, 0.05) is 5.69 Å². The Bertz CT molecular complexity index is 1000. The summed E-state index contributed by atoms with van der Waals surface area (Å²) in [5.74, 6) is -0.616. The minimum absolute atomic E-state index is 0.186. The third-order valence-electron chi connectivity index (χ3n) is 4.90. The number of hydrogen-bond acceptors (Lipinski definition) is 7. The van der Waals surface area contributed by atoms with Crippen LogP contribution in [0.2, 0.25) is 0 Å². The average Bonchev–Trinajstić information content (AvgIpc) is 3.24. The topological polar surface area (TPSA) is 104 Å². The van der Waals surface area contributed by atoms with Gasteiger partial charge in [0.2, 0.25) is 5.91 Å². The van der Waals surface area contributed by atoms with E-state index in [1.807, 2.05) is 26.0 Å². The van der Waals surface area contributed by atoms with Crippen LogP contribution in [0.3, 0.4) is 0 Å². The Labute approximate surface area is 173 Å². The molecule has 0 aliphatic carbocycles. The first kappa shape index (κ1) is 19.6. The van der Waals surface area contributed by atoms with E-state index >= 15 is 0 Å². The molecule has 4 rings (SSSR count). The molecule has 9 heteroatoms. The lowest BCUT2D eigenvalue weighted by Gasteiger charge is -2.20. The highest BCUT2D eigenvalue weighted by Crippen LogP contribution is 2.32. The monoisotopic (exact) mass is 407 g/mol. The molecule has 2 aliphatic rings. The fourth-order valence-electron chi connectivity index (χ4n) is 3.45. The lowest BCUT2D eigenvalue weighted by Crippen LogP contribution is -2.43. The van der Waals surface area contributed by atoms with Gasteiger partial charge in [0.25, 0.3) is 11.8 Å². The molecule has 0 radical (unpaired) electrons. The molecule has 2 aliphatic heterocycles. The van der Waals surface area contributed by atoms with Gasteiger partial charge in [0.1, 0.15) is 12.3 Å². The SMILES string of the molecule is CCOc1ccc(N2C(=O)[C@@H]3N=NN(CC(=O)Nc4ccc(C)cc4)[C@H]3C2=O)cc1. The molecule has 0 unspecified atom stereocenters. The maximum absolute atomic E-state index is 13.0. The number of imide groups is 1. The summed E-state index contributed by atoms with van der Waals surface area (Å²) < 4.78 is 5.39. The number of nitrogens with one attached hydrogen (secondary N) is 1. The standard InChI is InChI=1S/C21H21N5O4/c1-3-30-16-10-8-15(9-11-16)26-20(28)18-19(21(26)29)25(24-23-18)12-17(27)22-14-6-4-13(2)5-7-14/h4-11,18-19H,3,12H2,1-2H3,(H,22,27)/t18-,19-/m1/s1. The van der Waals surface area contributed by atoms with Crippen molar-refractivity contribution in [3.63, 3.8) is 0 Å². The predicted molar refractivity (Wildman–Crippen MR) is 109 cm³/mol. The van der Waals surface area contributed by atoms with Crippen molar-refractivity contribution in [1.82, 2.24) is 5.01 Å². The number of benzene rings is 2. The first-order valence-corrected chi connectivity index (χ1v) is 9.62. The zero-order chi connectivity index (χ0) is 21.3. The molecule has 0 bridgehead atoms. The number of fused-ring (bicyclic) bond motifs is 1. The Kier molecular flexibility index (Phi) is 5.18. The van der Waals surface area contributed by atoms with Gasteiger partial charge >= 0.3 is 0 Å². The van der Waals surface area contributed by atoms with Crippen LogP contribution in [-0.4, -0.2) is 48.0 Å². The van der Waals surface area contributed by atoms with Crippen molar-refractivity contribution in [2.45, 2.75) is 25.9 Å². The van der Waals surface area contributed by atoms with E-state index < -0.39 is 23.9 Å². The molecule has 1 N–H and O–H groups in total. The molecular weight excluding hydrogens is 386 g/mol. The Morgan fingerprint density at radius 2 is 1.77 bits per heavy atom. The second-order valence-corrected chi connectivity index (χ2v) is 7.05. The minimum Gasteiger partial charge on any atom is -0.494 e. The maximum atomic E-state index is 13.0. The van der Waals surface area contributed by atoms with Gasteiger partial charge in [-0.05, 0) is 50.2 Å². The summed E-state index contributed by atoms with van der Waals surface area (Å²) in [5.41, 5.74) is 2.15. The predicted octanol–water partition coefficient (Wildman–Crippen LogP) is 2.33. The van der Waals surface area contributed by atoms with Crippen molar-refractivity contribution >= 4 is 29.1 Å². The van der Waals surface area contributed by atoms with Gasteiger partial charge in [-0.15, -0.1) is 0 Å². The molecule has 2 heterocycles. The van der Waals surface area contributed by atoms with Gasteiger partial charge in [-0.3, -0.25) is 19.4 Å². The second-order valence-electron chi connectivity index (χ2n) is 7.05. The number of carbonyl (C=O) groups is 3. The normalized spacial score (nSPS) is 19.9. The van der Waals surface area contributed by atoms with Crippen molar-refractivity contribution in [2.24, 2.45) is 10.3 Å². The Balaban J connectivity index is 1.46. The molecule has 154 valence electrons. The van der Waals surface area contributed by atoms with Gasteiger partial charge in [-0.1, -0.05) is 22.9 Å². The fourth-order valence-corrected chi connectivity index (χ4v) is 3.45. The minimum atomic E-state index is -0.948. The van der Waals surface area contributed by atoms with E-state index in [2.05, 4.69) is 15.7 Å². The second kappa shape index (κ2) is 7.94. The van der Waals surface area contributed by atoms with Gasteiger partial charge in [-0.25, -0.2) is 4.90 Å². The molecule has 2 atom stereocenters. The number of nitrogens with zero attached hydrogens (tertiary/aromatic N) is 4. The Hall–Kier alpha value is -3.75. The largest absolute Gasteiger partial charge is 0.494 e. The van der Waals surface area contributed by atoms with E-state index in [1.54, 1.807) is 36.4 Å². The third-order valence-corrected chi connectivity index (χ3v) is 4.90. The van der Waals surface area contributed by atoms with E-state index in [1.165, 1.54) is 5.01 Å². The lowest BCUT2D eigenvalue weighted by molar-refractivity contribution is -0.123. The van der Waals surface area contributed by atoms with Crippen LogP contribution in [0.25, 0.3) is 0 Å². The molecule has 1 saturated heterocycles. The molecule has 0 aromatic heterocycles. The number of anilines is 2. The molecule has 1 fully saturated rings. The summed E-state index contributed by atoms with van der Waals surface area (Å²) in [7, 11) is 0. The van der Waals surface area contributed by atoms with E-state index in [4.69, 9.17) is 4.74 Å². The average molecular weight is 407 g/mol. The maximum Gasteiger partial charge on any atom is 0.263 e. The first-order valence-electron chi connectivity index (χ1n) is 9.62. The smallest absolute Gasteiger partial charge is 0.263 e. The molecule has 3 amide bonds.